The van der Waals surface area contributed by atoms with Crippen LogP contribution in [0.25, 0.3) is 11.0 Å². The Labute approximate surface area is 176 Å². The summed E-state index contributed by atoms with van der Waals surface area (Å²) in [7, 11) is 0. The van der Waals surface area contributed by atoms with E-state index < -0.39 is 23.9 Å². The first-order chi connectivity index (χ1) is 14.7. The largest absolute Gasteiger partial charge is 0.481 e. The third-order valence-corrected chi connectivity index (χ3v) is 4.76. The van der Waals surface area contributed by atoms with E-state index in [1.54, 1.807) is 30.3 Å². The lowest BCUT2D eigenvalue weighted by Crippen LogP contribution is -2.41. The number of nitrogens with one attached hydrogen (secondary N) is 1. The number of carbonyl (C=O) groups is 3. The number of nitrogens with zero attached hydrogens (tertiary/aromatic N) is 3. The molecule has 0 unspecified atom stereocenters. The molecule has 0 aliphatic rings. The van der Waals surface area contributed by atoms with E-state index in [-0.39, 0.29) is 24.4 Å². The van der Waals surface area contributed by atoms with E-state index in [9.17, 15) is 14.4 Å². The Morgan fingerprint density at radius 1 is 1.06 bits per heavy atom. The van der Waals surface area contributed by atoms with Crippen molar-refractivity contribution in [1.82, 2.24) is 19.9 Å². The van der Waals surface area contributed by atoms with Crippen LogP contribution >= 0.6 is 0 Å². The molecule has 0 fully saturated rings. The molecule has 2 heterocycles. The van der Waals surface area contributed by atoms with Crippen molar-refractivity contribution in [2.24, 2.45) is 0 Å². The van der Waals surface area contributed by atoms with Gasteiger partial charge in [0, 0.05) is 24.7 Å². The molecule has 7 N–H and O–H groups in total. The van der Waals surface area contributed by atoms with E-state index in [0.29, 0.717) is 29.8 Å². The van der Waals surface area contributed by atoms with Gasteiger partial charge in [0.25, 0.3) is 5.91 Å². The number of hydrogen-bond acceptors (Lipinski definition) is 7. The molecule has 0 radical (unpaired) electrons. The predicted molar refractivity (Wildman–Crippen MR) is 112 cm³/mol. The molecule has 3 aromatic rings. The van der Waals surface area contributed by atoms with E-state index in [1.165, 1.54) is 0 Å². The molecule has 2 aromatic heterocycles. The molecular formula is C20H22N6O5. The van der Waals surface area contributed by atoms with Crippen molar-refractivity contribution < 1.29 is 24.6 Å². The average molecular weight is 426 g/mol. The van der Waals surface area contributed by atoms with E-state index in [2.05, 4.69) is 15.3 Å². The molecule has 1 atom stereocenters. The van der Waals surface area contributed by atoms with Crippen LogP contribution in [0.2, 0.25) is 0 Å². The van der Waals surface area contributed by atoms with Crippen LogP contribution in [0.15, 0.2) is 36.5 Å². The third-order valence-electron chi connectivity index (χ3n) is 4.76. The summed E-state index contributed by atoms with van der Waals surface area (Å²) < 4.78 is 1.92. The summed E-state index contributed by atoms with van der Waals surface area (Å²) in [5.74, 6) is -2.57. The first kappa shape index (κ1) is 21.6. The summed E-state index contributed by atoms with van der Waals surface area (Å²) in [4.78, 5) is 42.3. The quantitative estimate of drug-likeness (QED) is 0.331. The maximum atomic E-state index is 12.3. The fourth-order valence-electron chi connectivity index (χ4n) is 3.18. The predicted octanol–water partition coefficient (Wildman–Crippen LogP) is 0.886. The molecule has 1 amide bonds. The number of aliphatic carboxylic acids is 2. The lowest BCUT2D eigenvalue weighted by molar-refractivity contribution is -0.140. The number of rotatable bonds is 9. The monoisotopic (exact) mass is 426 g/mol. The fourth-order valence-corrected chi connectivity index (χ4v) is 3.18. The molecule has 0 saturated heterocycles. The van der Waals surface area contributed by atoms with Gasteiger partial charge in [0.15, 0.2) is 5.82 Å². The number of carboxylic acids is 2. The number of nitrogens with two attached hydrogens (primary N) is 2. The van der Waals surface area contributed by atoms with Crippen LogP contribution in [-0.2, 0) is 22.6 Å². The Morgan fingerprint density at radius 3 is 2.42 bits per heavy atom. The summed E-state index contributed by atoms with van der Waals surface area (Å²) in [5.41, 5.74) is 14.2. The van der Waals surface area contributed by atoms with Crippen molar-refractivity contribution in [1.29, 1.82) is 0 Å². The second-order valence-electron chi connectivity index (χ2n) is 6.95. The summed E-state index contributed by atoms with van der Waals surface area (Å²) in [6.07, 6.45) is 1.94. The highest BCUT2D eigenvalue weighted by molar-refractivity contribution is 5.96. The second-order valence-corrected chi connectivity index (χ2v) is 6.95. The Balaban J connectivity index is 1.63. The van der Waals surface area contributed by atoms with Gasteiger partial charge in [-0.25, -0.2) is 9.78 Å². The standard InChI is InChI=1S/C20H22N6O5/c21-17-16-13(24-20(22)25-17)8-10-26(16)9-7-11-1-3-12(4-2-11)18(29)23-14(19(30)31)5-6-15(27)28/h1-4,8,10,14H,5-7,9H2,(H,23,29)(H,27,28)(H,30,31)(H4,21,22,24,25)/t14-/m1/s1. The van der Waals surface area contributed by atoms with Crippen LogP contribution in [0.3, 0.4) is 0 Å². The van der Waals surface area contributed by atoms with Gasteiger partial charge in [-0.05, 0) is 36.6 Å². The Morgan fingerprint density at radius 2 is 1.77 bits per heavy atom. The first-order valence-corrected chi connectivity index (χ1v) is 9.47. The zero-order chi connectivity index (χ0) is 22.5. The second kappa shape index (κ2) is 9.11. The van der Waals surface area contributed by atoms with Gasteiger partial charge in [0.1, 0.15) is 11.6 Å². The van der Waals surface area contributed by atoms with Gasteiger partial charge in [-0.15, -0.1) is 0 Å². The zero-order valence-electron chi connectivity index (χ0n) is 16.5. The van der Waals surface area contributed by atoms with Crippen LogP contribution in [0.4, 0.5) is 11.8 Å². The molecule has 0 spiro atoms. The Kier molecular flexibility index (Phi) is 6.34. The summed E-state index contributed by atoms with van der Waals surface area (Å²) in [5, 5.41) is 20.2. The van der Waals surface area contributed by atoms with E-state index >= 15 is 0 Å². The average Bonchev–Trinajstić information content (AvgIpc) is 3.12. The normalized spacial score (nSPS) is 11.9. The lowest BCUT2D eigenvalue weighted by Gasteiger charge is -2.14. The maximum Gasteiger partial charge on any atom is 0.326 e. The van der Waals surface area contributed by atoms with Crippen molar-refractivity contribution in [2.45, 2.75) is 31.8 Å². The minimum absolute atomic E-state index is 0.115. The van der Waals surface area contributed by atoms with Crippen LogP contribution < -0.4 is 16.8 Å². The van der Waals surface area contributed by atoms with E-state index in [0.717, 1.165) is 5.56 Å². The minimum atomic E-state index is -1.28. The lowest BCUT2D eigenvalue weighted by atomic mass is 10.1. The summed E-state index contributed by atoms with van der Waals surface area (Å²) in [6, 6.07) is 7.25. The summed E-state index contributed by atoms with van der Waals surface area (Å²) in [6.45, 7) is 0.600. The third kappa shape index (κ3) is 5.26. The van der Waals surface area contributed by atoms with Gasteiger partial charge in [-0.1, -0.05) is 12.1 Å². The molecular weight excluding hydrogens is 404 g/mol. The van der Waals surface area contributed by atoms with Gasteiger partial charge in [0.2, 0.25) is 5.95 Å². The SMILES string of the molecule is Nc1nc(N)c2c(ccn2CCc2ccc(C(=O)N[C@H](CCC(=O)O)C(=O)O)cc2)n1. The van der Waals surface area contributed by atoms with Crippen molar-refractivity contribution in [3.63, 3.8) is 0 Å². The Hall–Kier alpha value is -4.15. The molecule has 3 rings (SSSR count). The van der Waals surface area contributed by atoms with Crippen molar-refractivity contribution in [3.8, 4) is 0 Å². The van der Waals surface area contributed by atoms with E-state index in [4.69, 9.17) is 21.7 Å². The number of benzene rings is 1. The fraction of sp³-hybridized carbons (Fsp3) is 0.250. The highest BCUT2D eigenvalue weighted by atomic mass is 16.4. The highest BCUT2D eigenvalue weighted by Crippen LogP contribution is 2.20. The molecule has 162 valence electrons. The highest BCUT2D eigenvalue weighted by Gasteiger charge is 2.21. The zero-order valence-corrected chi connectivity index (χ0v) is 16.5. The number of aryl methyl sites for hydroxylation is 2. The van der Waals surface area contributed by atoms with Gasteiger partial charge >= 0.3 is 11.9 Å². The van der Waals surface area contributed by atoms with Crippen LogP contribution in [-0.4, -0.2) is 48.6 Å². The van der Waals surface area contributed by atoms with Crippen molar-refractivity contribution in [3.05, 3.63) is 47.7 Å². The molecule has 0 aliphatic heterocycles. The van der Waals surface area contributed by atoms with Crippen molar-refractivity contribution >= 4 is 40.6 Å². The van der Waals surface area contributed by atoms with Crippen LogP contribution in [0.5, 0.6) is 0 Å². The first-order valence-electron chi connectivity index (χ1n) is 9.47. The number of fused-ring (bicyclic) bond motifs is 1. The van der Waals surface area contributed by atoms with Crippen LogP contribution in [0.1, 0.15) is 28.8 Å². The Bertz CT molecular complexity index is 1130. The number of carbonyl (C=O) groups excluding carboxylic acids is 1. The number of carboxylic acid groups (broad SMARTS) is 2. The smallest absolute Gasteiger partial charge is 0.326 e. The number of aromatic nitrogens is 3. The number of hydrogen-bond donors (Lipinski definition) is 5. The van der Waals surface area contributed by atoms with Gasteiger partial charge in [0.05, 0.1) is 5.52 Å². The molecule has 31 heavy (non-hydrogen) atoms. The number of nitrogen functional groups attached to an aromatic ring is 2. The number of amides is 1. The summed E-state index contributed by atoms with van der Waals surface area (Å²) >= 11 is 0. The van der Waals surface area contributed by atoms with Gasteiger partial charge < -0.3 is 31.6 Å². The topological polar surface area (TPSA) is 186 Å². The molecule has 0 aliphatic carbocycles. The van der Waals surface area contributed by atoms with Gasteiger partial charge in [-0.2, -0.15) is 4.98 Å². The maximum absolute atomic E-state index is 12.3. The van der Waals surface area contributed by atoms with E-state index in [1.807, 2.05) is 10.8 Å². The van der Waals surface area contributed by atoms with Gasteiger partial charge in [-0.3, -0.25) is 9.59 Å². The number of anilines is 2. The van der Waals surface area contributed by atoms with Crippen LogP contribution in [0, 0.1) is 0 Å². The van der Waals surface area contributed by atoms with Crippen molar-refractivity contribution in [2.75, 3.05) is 11.5 Å². The molecule has 0 bridgehead atoms. The molecule has 11 nitrogen and oxygen atoms in total. The molecule has 0 saturated carbocycles. The minimum Gasteiger partial charge on any atom is -0.481 e. The molecule has 1 aromatic carbocycles. The molecule has 11 heteroatoms.